The van der Waals surface area contributed by atoms with Gasteiger partial charge in [-0.15, -0.1) is 5.10 Å². The van der Waals surface area contributed by atoms with E-state index in [-0.39, 0.29) is 17.4 Å². The number of aryl methyl sites for hydroxylation is 1. The fraction of sp³-hybridized carbons (Fsp3) is 0.500. The molecule has 0 saturated carbocycles. The molecule has 4 heterocycles. The normalized spacial score (nSPS) is 19.2. The summed E-state index contributed by atoms with van der Waals surface area (Å²) >= 11 is 6.18. The van der Waals surface area contributed by atoms with Crippen molar-refractivity contribution in [1.29, 1.82) is 0 Å². The molecular weight excluding hydrogens is 434 g/mol. The van der Waals surface area contributed by atoms with E-state index in [2.05, 4.69) is 20.7 Å². The number of carbonyl (C=O) groups is 1. The quantitative estimate of drug-likeness (QED) is 0.570. The summed E-state index contributed by atoms with van der Waals surface area (Å²) in [5.41, 5.74) is 2.09. The molecule has 2 N–H and O–H groups in total. The maximum Gasteiger partial charge on any atom is 0.407 e. The first-order valence-corrected chi connectivity index (χ1v) is 11.0. The van der Waals surface area contributed by atoms with Crippen LogP contribution in [0.3, 0.4) is 0 Å². The van der Waals surface area contributed by atoms with Crippen LogP contribution in [-0.2, 0) is 16.0 Å². The van der Waals surface area contributed by atoms with E-state index < -0.39 is 11.7 Å². The van der Waals surface area contributed by atoms with Crippen LogP contribution in [-0.4, -0.2) is 38.9 Å². The van der Waals surface area contributed by atoms with E-state index in [4.69, 9.17) is 25.5 Å². The molecule has 0 aromatic carbocycles. The van der Waals surface area contributed by atoms with Crippen LogP contribution in [0.4, 0.5) is 10.6 Å². The number of hydrogen-bond acceptors (Lipinski definition) is 7. The average Bonchev–Trinajstić information content (AvgIpc) is 3.33. The standard InChI is InChI=1S/C22H28ClN5O4/c1-13-15(18-16(8-6-10-31-18)25-21(29)32-22(2,3)4)12-28-17(13)19(26-20(23)27-28)24-11-14-7-5-9-30-14/h5,7,9,12,16,18H,6,8,10-11H2,1-4H3,(H,25,29)(H,24,26,27)/t16-,18+/m0/s1. The fourth-order valence-corrected chi connectivity index (χ4v) is 4.08. The molecule has 32 heavy (non-hydrogen) atoms. The lowest BCUT2D eigenvalue weighted by Gasteiger charge is -2.33. The van der Waals surface area contributed by atoms with Crippen LogP contribution in [0.2, 0.25) is 5.28 Å². The molecule has 9 nitrogen and oxygen atoms in total. The molecule has 0 spiro atoms. The Morgan fingerprint density at radius 2 is 2.22 bits per heavy atom. The highest BCUT2D eigenvalue weighted by atomic mass is 35.5. The second kappa shape index (κ2) is 8.99. The zero-order valence-electron chi connectivity index (χ0n) is 18.6. The maximum absolute atomic E-state index is 12.4. The van der Waals surface area contributed by atoms with Crippen LogP contribution in [0.5, 0.6) is 0 Å². The van der Waals surface area contributed by atoms with E-state index >= 15 is 0 Å². The molecular formula is C22H28ClN5O4. The summed E-state index contributed by atoms with van der Waals surface area (Å²) in [7, 11) is 0. The van der Waals surface area contributed by atoms with Crippen molar-refractivity contribution in [2.45, 2.75) is 64.8 Å². The largest absolute Gasteiger partial charge is 0.467 e. The molecule has 2 atom stereocenters. The SMILES string of the molecule is Cc1c([C@H]2OCCC[C@@H]2NC(=O)OC(C)(C)C)cn2nc(Cl)nc(NCc3ccco3)c12. The van der Waals surface area contributed by atoms with Crippen LogP contribution in [0.15, 0.2) is 29.0 Å². The predicted molar refractivity (Wildman–Crippen MR) is 120 cm³/mol. The molecule has 0 bridgehead atoms. The number of furan rings is 1. The van der Waals surface area contributed by atoms with Gasteiger partial charge < -0.3 is 24.5 Å². The summed E-state index contributed by atoms with van der Waals surface area (Å²) in [6.45, 7) is 8.57. The number of nitrogens with one attached hydrogen (secondary N) is 2. The minimum Gasteiger partial charge on any atom is -0.467 e. The van der Waals surface area contributed by atoms with Crippen molar-refractivity contribution >= 4 is 29.0 Å². The van der Waals surface area contributed by atoms with Crippen molar-refractivity contribution in [3.63, 3.8) is 0 Å². The maximum atomic E-state index is 12.4. The monoisotopic (exact) mass is 461 g/mol. The second-order valence-corrected chi connectivity index (χ2v) is 9.19. The van der Waals surface area contributed by atoms with Crippen LogP contribution in [0.1, 0.15) is 56.6 Å². The van der Waals surface area contributed by atoms with Crippen LogP contribution < -0.4 is 10.6 Å². The number of nitrogens with zero attached hydrogens (tertiary/aromatic N) is 3. The minimum absolute atomic E-state index is 0.119. The Hall–Kier alpha value is -2.78. The van der Waals surface area contributed by atoms with Gasteiger partial charge in [-0.25, -0.2) is 9.31 Å². The number of alkyl carbamates (subject to hydrolysis) is 1. The molecule has 172 valence electrons. The van der Waals surface area contributed by atoms with E-state index in [1.54, 1.807) is 10.8 Å². The third-order valence-electron chi connectivity index (χ3n) is 5.24. The lowest BCUT2D eigenvalue weighted by molar-refractivity contribution is -0.0165. The molecule has 1 aliphatic heterocycles. The van der Waals surface area contributed by atoms with Gasteiger partial charge in [0.25, 0.3) is 0 Å². The molecule has 0 unspecified atom stereocenters. The molecule has 4 rings (SSSR count). The number of halogens is 1. The van der Waals surface area contributed by atoms with Crippen molar-refractivity contribution < 1.29 is 18.7 Å². The molecule has 3 aromatic heterocycles. The summed E-state index contributed by atoms with van der Waals surface area (Å²) in [6, 6.07) is 3.49. The lowest BCUT2D eigenvalue weighted by Crippen LogP contribution is -2.44. The zero-order chi connectivity index (χ0) is 22.9. The fourth-order valence-electron chi connectivity index (χ4n) is 3.91. The van der Waals surface area contributed by atoms with E-state index in [0.717, 1.165) is 35.2 Å². The van der Waals surface area contributed by atoms with Gasteiger partial charge in [0.05, 0.1) is 18.8 Å². The van der Waals surface area contributed by atoms with Crippen LogP contribution in [0.25, 0.3) is 5.52 Å². The van der Waals surface area contributed by atoms with Crippen molar-refractivity contribution in [1.82, 2.24) is 19.9 Å². The van der Waals surface area contributed by atoms with Crippen molar-refractivity contribution in [2.75, 3.05) is 11.9 Å². The van der Waals surface area contributed by atoms with Gasteiger partial charge in [-0.1, -0.05) is 0 Å². The van der Waals surface area contributed by atoms with Gasteiger partial charge in [0, 0.05) is 18.4 Å². The smallest absolute Gasteiger partial charge is 0.407 e. The first-order chi connectivity index (χ1) is 15.2. The first-order valence-electron chi connectivity index (χ1n) is 10.6. The van der Waals surface area contributed by atoms with E-state index in [1.165, 1.54) is 0 Å². The van der Waals surface area contributed by atoms with Gasteiger partial charge in [-0.3, -0.25) is 0 Å². The van der Waals surface area contributed by atoms with E-state index in [9.17, 15) is 4.79 Å². The number of ether oxygens (including phenoxy) is 2. The summed E-state index contributed by atoms with van der Waals surface area (Å²) in [4.78, 5) is 16.8. The predicted octanol–water partition coefficient (Wildman–Crippen LogP) is 4.64. The summed E-state index contributed by atoms with van der Waals surface area (Å²) in [5.74, 6) is 1.37. The van der Waals surface area contributed by atoms with E-state index in [1.807, 2.05) is 46.0 Å². The Morgan fingerprint density at radius 1 is 1.41 bits per heavy atom. The highest BCUT2D eigenvalue weighted by Crippen LogP contribution is 2.35. The molecule has 0 radical (unpaired) electrons. The molecule has 1 amide bonds. The Morgan fingerprint density at radius 3 is 2.94 bits per heavy atom. The number of aromatic nitrogens is 3. The Labute approximate surface area is 191 Å². The highest BCUT2D eigenvalue weighted by molar-refractivity contribution is 6.28. The zero-order valence-corrected chi connectivity index (χ0v) is 19.4. The van der Waals surface area contributed by atoms with Gasteiger partial charge in [0.15, 0.2) is 5.82 Å². The van der Waals surface area contributed by atoms with Gasteiger partial charge in [0.2, 0.25) is 5.28 Å². The Bertz CT molecular complexity index is 1090. The summed E-state index contributed by atoms with van der Waals surface area (Å²) < 4.78 is 18.7. The van der Waals surface area contributed by atoms with Gasteiger partial charge in [0.1, 0.15) is 23.0 Å². The molecule has 3 aromatic rings. The van der Waals surface area contributed by atoms with Gasteiger partial charge in [-0.2, -0.15) is 4.98 Å². The molecule has 0 aliphatic carbocycles. The van der Waals surface area contributed by atoms with E-state index in [0.29, 0.717) is 19.0 Å². The van der Waals surface area contributed by atoms with Crippen LogP contribution >= 0.6 is 11.6 Å². The number of fused-ring (bicyclic) bond motifs is 1. The molecule has 1 aliphatic rings. The third kappa shape index (κ3) is 4.99. The summed E-state index contributed by atoms with van der Waals surface area (Å²) in [5, 5.41) is 10.7. The number of hydrogen-bond donors (Lipinski definition) is 2. The summed E-state index contributed by atoms with van der Waals surface area (Å²) in [6.07, 6.45) is 4.35. The number of carbonyl (C=O) groups excluding carboxylic acids is 1. The van der Waals surface area contributed by atoms with Gasteiger partial charge >= 0.3 is 6.09 Å². The average molecular weight is 462 g/mol. The third-order valence-corrected chi connectivity index (χ3v) is 5.40. The number of rotatable bonds is 5. The Balaban J connectivity index is 1.63. The first kappa shape index (κ1) is 22.4. The molecule has 1 saturated heterocycles. The Kier molecular flexibility index (Phi) is 6.30. The molecule has 10 heteroatoms. The minimum atomic E-state index is -0.573. The highest BCUT2D eigenvalue weighted by Gasteiger charge is 2.33. The topological polar surface area (TPSA) is 103 Å². The molecule has 1 fully saturated rings. The second-order valence-electron chi connectivity index (χ2n) is 8.85. The van der Waals surface area contributed by atoms with Gasteiger partial charge in [-0.05, 0) is 69.8 Å². The number of anilines is 1. The lowest BCUT2D eigenvalue weighted by atomic mass is 9.95. The van der Waals surface area contributed by atoms with Crippen molar-refractivity contribution in [2.24, 2.45) is 0 Å². The van der Waals surface area contributed by atoms with Crippen molar-refractivity contribution in [3.05, 3.63) is 46.8 Å². The number of amides is 1. The van der Waals surface area contributed by atoms with Crippen LogP contribution in [0, 0.1) is 6.92 Å². The van der Waals surface area contributed by atoms with Crippen molar-refractivity contribution in [3.8, 4) is 0 Å².